The Morgan fingerprint density at radius 2 is 0.838 bits per heavy atom. The van der Waals surface area contributed by atoms with Gasteiger partial charge in [-0.2, -0.15) is 5.10 Å². The molecule has 0 fully saturated rings. The fourth-order valence-electron chi connectivity index (χ4n) is 9.99. The largest absolute Gasteiger partial charge is 0.309 e. The van der Waals surface area contributed by atoms with E-state index in [9.17, 15) is 0 Å². The van der Waals surface area contributed by atoms with E-state index in [0.717, 1.165) is 94.8 Å². The lowest BCUT2D eigenvalue weighted by Gasteiger charge is -2.14. The number of hydrogen-bond donors (Lipinski definition) is 0. The maximum absolute atomic E-state index is 5.43. The second-order valence-electron chi connectivity index (χ2n) is 17.2. The number of hydrogen-bond acceptors (Lipinski definition) is 3. The Kier molecular flexibility index (Phi) is 9.43. The van der Waals surface area contributed by atoms with Crippen LogP contribution in [0.25, 0.3) is 122 Å². The molecule has 0 saturated heterocycles. The predicted molar refractivity (Wildman–Crippen MR) is 281 cm³/mol. The van der Waals surface area contributed by atoms with E-state index in [4.69, 9.17) is 15.1 Å². The van der Waals surface area contributed by atoms with Crippen molar-refractivity contribution in [3.05, 3.63) is 249 Å². The molecular formula is C63H41N5. The molecule has 0 aliphatic heterocycles. The molecule has 13 rings (SSSR count). The van der Waals surface area contributed by atoms with Crippen molar-refractivity contribution >= 4 is 38.1 Å². The molecule has 68 heavy (non-hydrogen) atoms. The summed E-state index contributed by atoms with van der Waals surface area (Å²) in [5.74, 6) is 0.668. The van der Waals surface area contributed by atoms with Gasteiger partial charge in [-0.1, -0.05) is 212 Å². The maximum Gasteiger partial charge on any atom is 0.160 e. The van der Waals surface area contributed by atoms with Crippen molar-refractivity contribution in [1.29, 1.82) is 0 Å². The van der Waals surface area contributed by atoms with Crippen molar-refractivity contribution in [3.8, 4) is 84.4 Å². The molecule has 5 heteroatoms. The van der Waals surface area contributed by atoms with Crippen LogP contribution in [0.3, 0.4) is 0 Å². The molecule has 0 amide bonds. The van der Waals surface area contributed by atoms with Crippen LogP contribution in [0, 0.1) is 0 Å². The summed E-state index contributed by atoms with van der Waals surface area (Å²) in [5.41, 5.74) is 17.8. The molecule has 4 heterocycles. The number of benzene rings is 9. The average molecular weight is 868 g/mol. The Morgan fingerprint density at radius 1 is 0.324 bits per heavy atom. The third-order valence-corrected chi connectivity index (χ3v) is 13.2. The zero-order chi connectivity index (χ0) is 45.0. The van der Waals surface area contributed by atoms with Crippen LogP contribution in [-0.2, 0) is 0 Å². The molecule has 0 aliphatic rings. The van der Waals surface area contributed by atoms with Gasteiger partial charge in [-0.25, -0.2) is 14.5 Å². The number of aromatic nitrogens is 5. The number of nitrogens with zero attached hydrogens (tertiary/aromatic N) is 5. The molecule has 5 nitrogen and oxygen atoms in total. The summed E-state index contributed by atoms with van der Waals surface area (Å²) in [5, 5.41) is 10.2. The minimum atomic E-state index is 0.668. The second kappa shape index (κ2) is 16.4. The van der Waals surface area contributed by atoms with Gasteiger partial charge in [0.25, 0.3) is 0 Å². The molecule has 0 spiro atoms. The van der Waals surface area contributed by atoms with Gasteiger partial charge in [0, 0.05) is 55.2 Å². The van der Waals surface area contributed by atoms with Crippen molar-refractivity contribution < 1.29 is 0 Å². The first-order valence-corrected chi connectivity index (χ1v) is 23.0. The number of fused-ring (bicyclic) bond motifs is 6. The Bertz CT molecular complexity index is 3930. The highest BCUT2D eigenvalue weighted by Crippen LogP contribution is 2.43. The lowest BCUT2D eigenvalue weighted by molar-refractivity contribution is 0.979. The lowest BCUT2D eigenvalue weighted by atomic mass is 9.93. The van der Waals surface area contributed by atoms with Crippen LogP contribution in [0.1, 0.15) is 0 Å². The van der Waals surface area contributed by atoms with Crippen LogP contribution in [0.15, 0.2) is 249 Å². The monoisotopic (exact) mass is 867 g/mol. The minimum Gasteiger partial charge on any atom is -0.309 e. The van der Waals surface area contributed by atoms with Crippen molar-refractivity contribution in [1.82, 2.24) is 24.1 Å². The van der Waals surface area contributed by atoms with Crippen LogP contribution in [0.4, 0.5) is 0 Å². The SMILES string of the molecule is c1ccc(-c2cc(-c3cccc(-n4c5ccccc5c5ccccc54)c3)nc(-c3ccc(-c4cccc5c4cc(-c4ccccc4)n4nc(-c6ccccc6)c(-c6ccccc6)c54)cc3)n2)cc1. The first-order chi connectivity index (χ1) is 33.7. The van der Waals surface area contributed by atoms with E-state index in [1.165, 1.54) is 21.8 Å². The highest BCUT2D eigenvalue weighted by atomic mass is 15.2. The van der Waals surface area contributed by atoms with Gasteiger partial charge in [-0.05, 0) is 58.5 Å². The highest BCUT2D eigenvalue weighted by molar-refractivity contribution is 6.13. The normalized spacial score (nSPS) is 11.5. The smallest absolute Gasteiger partial charge is 0.160 e. The zero-order valence-electron chi connectivity index (χ0n) is 36.9. The van der Waals surface area contributed by atoms with Gasteiger partial charge < -0.3 is 4.57 Å². The van der Waals surface area contributed by atoms with Crippen molar-refractivity contribution in [2.24, 2.45) is 0 Å². The molecule has 4 aromatic heterocycles. The van der Waals surface area contributed by atoms with Crippen LogP contribution in [0.5, 0.6) is 0 Å². The van der Waals surface area contributed by atoms with Crippen molar-refractivity contribution in [2.45, 2.75) is 0 Å². The van der Waals surface area contributed by atoms with E-state index in [1.807, 2.05) is 6.07 Å². The lowest BCUT2D eigenvalue weighted by Crippen LogP contribution is -1.98. The molecule has 0 unspecified atom stereocenters. The fourth-order valence-corrected chi connectivity index (χ4v) is 9.99. The zero-order valence-corrected chi connectivity index (χ0v) is 36.9. The maximum atomic E-state index is 5.43. The van der Waals surface area contributed by atoms with Crippen molar-refractivity contribution in [2.75, 3.05) is 0 Å². The fraction of sp³-hybridized carbons (Fsp3) is 0. The standard InChI is InChI=1S/C63H41N5/c1-5-19-43(20-6-1)55-41-56(48-27-17-28-49(39-48)67-57-33-15-13-29-51(57)52-30-14-16-34-58(52)67)65-63(64-55)47-37-35-42(36-38-47)50-31-18-32-53-54(50)40-59(44-21-7-2-8-22-44)68-62(53)60(45-23-9-3-10-24-45)61(66-68)46-25-11-4-12-26-46/h1-41H. The quantitative estimate of drug-likeness (QED) is 0.153. The van der Waals surface area contributed by atoms with Gasteiger partial charge in [-0.3, -0.25) is 0 Å². The Labute approximate surface area is 393 Å². The van der Waals surface area contributed by atoms with Gasteiger partial charge in [0.1, 0.15) is 5.69 Å². The highest BCUT2D eigenvalue weighted by Gasteiger charge is 2.23. The molecule has 0 radical (unpaired) electrons. The first-order valence-electron chi connectivity index (χ1n) is 23.0. The van der Waals surface area contributed by atoms with Crippen molar-refractivity contribution in [3.63, 3.8) is 0 Å². The molecule has 0 saturated carbocycles. The summed E-state index contributed by atoms with van der Waals surface area (Å²) in [6, 6.07) is 87.9. The van der Waals surface area contributed by atoms with E-state index >= 15 is 0 Å². The van der Waals surface area contributed by atoms with E-state index in [1.54, 1.807) is 0 Å². The van der Waals surface area contributed by atoms with Crippen LogP contribution < -0.4 is 0 Å². The van der Waals surface area contributed by atoms with Crippen LogP contribution >= 0.6 is 0 Å². The summed E-state index contributed by atoms with van der Waals surface area (Å²) < 4.78 is 4.51. The van der Waals surface area contributed by atoms with E-state index in [0.29, 0.717) is 5.82 Å². The third-order valence-electron chi connectivity index (χ3n) is 13.2. The summed E-state index contributed by atoms with van der Waals surface area (Å²) >= 11 is 0. The van der Waals surface area contributed by atoms with Gasteiger partial charge >= 0.3 is 0 Å². The molecule has 13 aromatic rings. The topological polar surface area (TPSA) is 48.0 Å². The van der Waals surface area contributed by atoms with E-state index in [-0.39, 0.29) is 0 Å². The number of para-hydroxylation sites is 2. The summed E-state index contributed by atoms with van der Waals surface area (Å²) in [4.78, 5) is 10.5. The number of pyridine rings is 1. The summed E-state index contributed by atoms with van der Waals surface area (Å²) in [7, 11) is 0. The summed E-state index contributed by atoms with van der Waals surface area (Å²) in [6.07, 6.45) is 0. The van der Waals surface area contributed by atoms with E-state index < -0.39 is 0 Å². The van der Waals surface area contributed by atoms with Gasteiger partial charge in [0.15, 0.2) is 5.82 Å². The molecule has 0 atom stereocenters. The Balaban J connectivity index is 0.961. The molecule has 0 bridgehead atoms. The van der Waals surface area contributed by atoms with Crippen LogP contribution in [0.2, 0.25) is 0 Å². The molecule has 0 aliphatic carbocycles. The Hall–Kier alpha value is -9.19. The van der Waals surface area contributed by atoms with E-state index in [2.05, 4.69) is 252 Å². The molecule has 9 aromatic carbocycles. The molecular weight excluding hydrogens is 827 g/mol. The second-order valence-corrected chi connectivity index (χ2v) is 17.2. The Morgan fingerprint density at radius 3 is 1.50 bits per heavy atom. The van der Waals surface area contributed by atoms with Gasteiger partial charge in [0.05, 0.1) is 33.6 Å². The van der Waals surface area contributed by atoms with Crippen LogP contribution in [-0.4, -0.2) is 24.1 Å². The average Bonchev–Trinajstić information content (AvgIpc) is 3.99. The predicted octanol–water partition coefficient (Wildman–Crippen LogP) is 16.0. The minimum absolute atomic E-state index is 0.668. The van der Waals surface area contributed by atoms with Gasteiger partial charge in [-0.15, -0.1) is 0 Å². The summed E-state index contributed by atoms with van der Waals surface area (Å²) in [6.45, 7) is 0. The van der Waals surface area contributed by atoms with Gasteiger partial charge in [0.2, 0.25) is 0 Å². The third kappa shape index (κ3) is 6.68. The first kappa shape index (κ1) is 39.2. The molecule has 0 N–H and O–H groups in total. The number of rotatable bonds is 8. The molecule has 318 valence electrons.